The molecule has 2 aromatic heterocycles. The molecule has 4 N–H and O–H groups in total. The number of benzene rings is 2. The second kappa shape index (κ2) is 9.90. The van der Waals surface area contributed by atoms with Crippen molar-refractivity contribution in [3.63, 3.8) is 0 Å². The predicted molar refractivity (Wildman–Crippen MR) is 141 cm³/mol. The number of aromatic nitrogens is 1. The molecule has 1 unspecified atom stereocenters. The number of amides is 1. The molecule has 4 aromatic rings. The summed E-state index contributed by atoms with van der Waals surface area (Å²) in [6.07, 6.45) is -1.15. The molecule has 0 radical (unpaired) electrons. The lowest BCUT2D eigenvalue weighted by Crippen LogP contribution is -2.67. The highest BCUT2D eigenvalue weighted by Gasteiger charge is 2.57. The van der Waals surface area contributed by atoms with Crippen molar-refractivity contribution < 1.29 is 31.9 Å². The molecule has 1 amide bonds. The Morgan fingerprint density at radius 3 is 2.42 bits per heavy atom. The second-order valence-corrected chi connectivity index (χ2v) is 10.4. The first-order valence-electron chi connectivity index (χ1n) is 12.9. The summed E-state index contributed by atoms with van der Waals surface area (Å²) in [7, 11) is 1.44. The van der Waals surface area contributed by atoms with Crippen LogP contribution in [0.1, 0.15) is 41.4 Å². The van der Waals surface area contributed by atoms with Crippen LogP contribution in [0.5, 0.6) is 0 Å². The number of hydrogen-bond acceptors (Lipinski definition) is 6. The van der Waals surface area contributed by atoms with Crippen LogP contribution in [0.25, 0.3) is 33.6 Å². The van der Waals surface area contributed by atoms with Crippen molar-refractivity contribution in [2.24, 2.45) is 5.92 Å². The maximum Gasteiger partial charge on any atom is 0.255 e. The summed E-state index contributed by atoms with van der Waals surface area (Å²) in [5, 5.41) is 19.4. The van der Waals surface area contributed by atoms with Gasteiger partial charge in [0.05, 0.1) is 17.5 Å². The molecule has 3 saturated carbocycles. The molecule has 3 aliphatic carbocycles. The third-order valence-electron chi connectivity index (χ3n) is 7.75. The number of halogens is 4. The monoisotopic (exact) mass is 554 g/mol. The fraction of sp³-hybridized carbons (Fsp3) is 0.310. The lowest BCUT2D eigenvalue weighted by atomic mass is 9.50. The topological polar surface area (TPSA) is 99.4 Å². The largest absolute Gasteiger partial charge is 0.437 e. The number of aliphatic hydroxyl groups excluding tert-OH is 1. The number of carbonyl (C=O) groups is 1. The van der Waals surface area contributed by atoms with Gasteiger partial charge in [-0.25, -0.2) is 17.6 Å². The molecule has 2 bridgehead atoms. The summed E-state index contributed by atoms with van der Waals surface area (Å²) < 4.78 is 60.7. The van der Waals surface area contributed by atoms with Crippen molar-refractivity contribution in [3.8, 4) is 22.5 Å². The summed E-state index contributed by atoms with van der Waals surface area (Å²) in [5.74, 6) is -0.803. The average molecular weight is 555 g/mol. The zero-order valence-corrected chi connectivity index (χ0v) is 21.4. The minimum atomic E-state index is -2.69. The van der Waals surface area contributed by atoms with Gasteiger partial charge in [-0.05, 0) is 73.2 Å². The van der Waals surface area contributed by atoms with Gasteiger partial charge in [-0.3, -0.25) is 10.1 Å². The van der Waals surface area contributed by atoms with Crippen LogP contribution in [-0.4, -0.2) is 41.6 Å². The number of rotatable bonds is 9. The van der Waals surface area contributed by atoms with Gasteiger partial charge in [-0.1, -0.05) is 6.07 Å². The summed E-state index contributed by atoms with van der Waals surface area (Å²) in [6.45, 7) is -0.721. The molecule has 1 atom stereocenters. The summed E-state index contributed by atoms with van der Waals surface area (Å²) in [5.41, 5.74) is 1.03. The van der Waals surface area contributed by atoms with Crippen molar-refractivity contribution in [3.05, 3.63) is 71.3 Å². The number of pyridine rings is 1. The van der Waals surface area contributed by atoms with Gasteiger partial charge in [-0.15, -0.1) is 0 Å². The minimum Gasteiger partial charge on any atom is -0.437 e. The van der Waals surface area contributed by atoms with Gasteiger partial charge in [0.1, 0.15) is 29.4 Å². The van der Waals surface area contributed by atoms with Crippen molar-refractivity contribution in [2.45, 2.75) is 37.5 Å². The van der Waals surface area contributed by atoms with Gasteiger partial charge in [0.2, 0.25) is 5.71 Å². The highest BCUT2D eigenvalue weighted by molar-refractivity contribution is 6.11. The fourth-order valence-corrected chi connectivity index (χ4v) is 5.65. The Labute approximate surface area is 226 Å². The van der Waals surface area contributed by atoms with E-state index in [1.165, 1.54) is 49.5 Å². The second-order valence-electron chi connectivity index (χ2n) is 10.4. The number of carbonyl (C=O) groups excluding carboxylic acids is 1. The number of nitrogens with zero attached hydrogens (tertiary/aromatic N) is 1. The molecular weight excluding hydrogens is 528 g/mol. The molecule has 7 rings (SSSR count). The Hall–Kier alpha value is -3.96. The van der Waals surface area contributed by atoms with Crippen molar-refractivity contribution >= 4 is 22.8 Å². The lowest BCUT2D eigenvalue weighted by Gasteiger charge is -2.62. The molecule has 11 heteroatoms. The first kappa shape index (κ1) is 26.3. The van der Waals surface area contributed by atoms with Crippen LogP contribution in [0.15, 0.2) is 52.9 Å². The predicted octanol–water partition coefficient (Wildman–Crippen LogP) is 5.61. The maximum absolute atomic E-state index is 14.9. The van der Waals surface area contributed by atoms with Crippen LogP contribution in [-0.2, 0) is 0 Å². The number of hydrogen-bond donors (Lipinski definition) is 4. The van der Waals surface area contributed by atoms with E-state index in [9.17, 15) is 27.5 Å². The van der Waals surface area contributed by atoms with E-state index in [4.69, 9.17) is 4.42 Å². The Kier molecular flexibility index (Phi) is 6.50. The number of furan rings is 1. The van der Waals surface area contributed by atoms with E-state index in [1.54, 1.807) is 6.07 Å². The first-order valence-corrected chi connectivity index (χ1v) is 12.9. The molecule has 7 nitrogen and oxygen atoms in total. The standard InChI is InChI=1S/C29H26F4N4O3/c1-34-27(39)23-20-9-18(16-4-7-21(31)19(8-16)26(38)37-29-10-14(11-29)12-29)25(35-13-22(32)33)36-28(20)40-24(23)15-2-5-17(30)6-3-15/h2-9,14,22,26,37-38H,10-13H2,1H3,(H,34,39)(H,35,36). The Morgan fingerprint density at radius 2 is 1.80 bits per heavy atom. The summed E-state index contributed by atoms with van der Waals surface area (Å²) in [4.78, 5) is 17.4. The van der Waals surface area contributed by atoms with Gasteiger partial charge in [0.25, 0.3) is 12.3 Å². The molecule has 3 fully saturated rings. The van der Waals surface area contributed by atoms with E-state index in [1.807, 2.05) is 0 Å². The van der Waals surface area contributed by atoms with Crippen molar-refractivity contribution in [2.75, 3.05) is 18.9 Å². The third-order valence-corrected chi connectivity index (χ3v) is 7.75. The van der Waals surface area contributed by atoms with Crippen LogP contribution in [0, 0.1) is 17.6 Å². The van der Waals surface area contributed by atoms with Crippen LogP contribution in [0.3, 0.4) is 0 Å². The molecule has 2 aromatic carbocycles. The zero-order valence-electron chi connectivity index (χ0n) is 21.4. The normalized spacial score (nSPS) is 20.2. The van der Waals surface area contributed by atoms with Crippen LogP contribution < -0.4 is 16.0 Å². The minimum absolute atomic E-state index is 0.00727. The molecule has 3 aliphatic rings. The van der Waals surface area contributed by atoms with Crippen LogP contribution in [0.2, 0.25) is 0 Å². The highest BCUT2D eigenvalue weighted by atomic mass is 19.3. The van der Waals surface area contributed by atoms with Gasteiger partial charge in [0.15, 0.2) is 0 Å². The lowest BCUT2D eigenvalue weighted by molar-refractivity contribution is -0.0877. The first-order chi connectivity index (χ1) is 19.2. The zero-order chi connectivity index (χ0) is 28.2. The van der Waals surface area contributed by atoms with Crippen molar-refractivity contribution in [1.82, 2.24) is 15.6 Å². The van der Waals surface area contributed by atoms with Gasteiger partial charge in [0, 0.05) is 29.3 Å². The average Bonchev–Trinajstić information content (AvgIpc) is 3.26. The summed E-state index contributed by atoms with van der Waals surface area (Å²) >= 11 is 0. The Balaban J connectivity index is 1.48. The van der Waals surface area contributed by atoms with Gasteiger partial charge in [-0.2, -0.15) is 4.98 Å². The number of aliphatic hydroxyl groups is 1. The van der Waals surface area contributed by atoms with E-state index in [2.05, 4.69) is 20.9 Å². The molecular formula is C29H26F4N4O3. The Morgan fingerprint density at radius 1 is 1.10 bits per heavy atom. The molecule has 0 saturated heterocycles. The highest BCUT2D eigenvalue weighted by Crippen LogP contribution is 2.57. The van der Waals surface area contributed by atoms with E-state index >= 15 is 0 Å². The SMILES string of the molecule is CNC(=O)c1c(-c2ccc(F)cc2)oc2nc(NCC(F)F)c(-c3ccc(F)c(C(O)NC45CC(C4)C5)c3)cc12. The van der Waals surface area contributed by atoms with Gasteiger partial charge >= 0.3 is 0 Å². The summed E-state index contributed by atoms with van der Waals surface area (Å²) in [6, 6.07) is 11.0. The third kappa shape index (κ3) is 4.58. The van der Waals surface area contributed by atoms with E-state index in [-0.39, 0.29) is 39.3 Å². The number of alkyl halides is 2. The van der Waals surface area contributed by atoms with Crippen molar-refractivity contribution in [1.29, 1.82) is 0 Å². The van der Waals surface area contributed by atoms with E-state index in [0.29, 0.717) is 22.6 Å². The smallest absolute Gasteiger partial charge is 0.255 e. The molecule has 0 spiro atoms. The van der Waals surface area contributed by atoms with E-state index < -0.39 is 36.7 Å². The van der Waals surface area contributed by atoms with Crippen LogP contribution in [0.4, 0.5) is 23.4 Å². The molecule has 208 valence electrons. The number of nitrogens with one attached hydrogen (secondary N) is 3. The quantitative estimate of drug-likeness (QED) is 0.159. The van der Waals surface area contributed by atoms with E-state index in [0.717, 1.165) is 19.3 Å². The fourth-order valence-electron chi connectivity index (χ4n) is 5.65. The molecule has 0 aliphatic heterocycles. The Bertz CT molecular complexity index is 1590. The molecule has 40 heavy (non-hydrogen) atoms. The molecule has 2 heterocycles. The maximum atomic E-state index is 14.9. The number of anilines is 1. The van der Waals surface area contributed by atoms with Gasteiger partial charge < -0.3 is 20.2 Å². The number of fused-ring (bicyclic) bond motifs is 1. The van der Waals surface area contributed by atoms with Crippen LogP contribution >= 0.6 is 0 Å².